The average molecular weight is 456 g/mol. The smallest absolute Gasteiger partial charge is 0.337 e. The quantitative estimate of drug-likeness (QED) is 0.380. The number of methoxy groups -OCH3 is 1. The Labute approximate surface area is 161 Å². The number of hydrogen-bond donors (Lipinski definition) is 0. The summed E-state index contributed by atoms with van der Waals surface area (Å²) < 4.78 is 16.9. The third kappa shape index (κ3) is 4.62. The molecule has 1 unspecified atom stereocenters. The van der Waals surface area contributed by atoms with Gasteiger partial charge in [-0.3, -0.25) is 4.79 Å². The summed E-state index contributed by atoms with van der Waals surface area (Å²) in [5.41, 5.74) is 1.25. The summed E-state index contributed by atoms with van der Waals surface area (Å²) in [5, 5.41) is 0. The largest absolute Gasteiger partial charge is 0.468 e. The first-order valence-corrected chi connectivity index (χ1v) is 9.14. The fourth-order valence-corrected chi connectivity index (χ4v) is 3.30. The Bertz CT molecular complexity index is 720. The van der Waals surface area contributed by atoms with Crippen LogP contribution in [-0.4, -0.2) is 25.7 Å². The fraction of sp³-hybridized carbons (Fsp3) is 0.368. The molecule has 1 aliphatic heterocycles. The van der Waals surface area contributed by atoms with E-state index in [0.29, 0.717) is 36.5 Å². The van der Waals surface area contributed by atoms with E-state index in [4.69, 9.17) is 14.2 Å². The van der Waals surface area contributed by atoms with Gasteiger partial charge in [-0.1, -0.05) is 18.2 Å². The molecule has 0 amide bonds. The van der Waals surface area contributed by atoms with E-state index in [9.17, 15) is 9.59 Å². The number of rotatable bonds is 5. The second-order valence-corrected chi connectivity index (χ2v) is 6.66. The van der Waals surface area contributed by atoms with Crippen LogP contribution in [0.5, 0.6) is 0 Å². The van der Waals surface area contributed by atoms with Crippen LogP contribution in [0.15, 0.2) is 47.4 Å². The van der Waals surface area contributed by atoms with Gasteiger partial charge in [-0.2, -0.15) is 0 Å². The Kier molecular flexibility index (Phi) is 7.04. The molecule has 0 fully saturated rings. The summed E-state index contributed by atoms with van der Waals surface area (Å²) in [4.78, 5) is 24.4. The third-order valence-electron chi connectivity index (χ3n) is 3.90. The summed E-state index contributed by atoms with van der Waals surface area (Å²) in [6, 6.07) is 7.59. The lowest BCUT2D eigenvalue weighted by atomic mass is 9.94. The number of carbonyl (C=O) groups excluding carboxylic acids is 2. The van der Waals surface area contributed by atoms with Crippen molar-refractivity contribution in [2.45, 2.75) is 32.6 Å². The zero-order valence-corrected chi connectivity index (χ0v) is 16.7. The van der Waals surface area contributed by atoms with Gasteiger partial charge < -0.3 is 14.2 Å². The van der Waals surface area contributed by atoms with Crippen LogP contribution in [0.1, 0.15) is 38.2 Å². The zero-order valence-electron chi connectivity index (χ0n) is 14.5. The molecule has 0 spiro atoms. The minimum atomic E-state index is -0.664. The van der Waals surface area contributed by atoms with Crippen molar-refractivity contribution >= 4 is 34.5 Å². The van der Waals surface area contributed by atoms with E-state index < -0.39 is 17.9 Å². The molecule has 0 bridgehead atoms. The molecule has 1 aromatic carbocycles. The van der Waals surface area contributed by atoms with Crippen molar-refractivity contribution in [3.8, 4) is 0 Å². The van der Waals surface area contributed by atoms with Crippen LogP contribution < -0.4 is 0 Å². The summed E-state index contributed by atoms with van der Waals surface area (Å²) in [6.45, 7) is 3.74. The van der Waals surface area contributed by atoms with Crippen molar-refractivity contribution in [3.63, 3.8) is 0 Å². The Balaban J connectivity index is 2.37. The van der Waals surface area contributed by atoms with Gasteiger partial charge in [0.25, 0.3) is 0 Å². The van der Waals surface area contributed by atoms with E-state index in [1.165, 1.54) is 7.11 Å². The Morgan fingerprint density at radius 1 is 1.32 bits per heavy atom. The molecule has 25 heavy (non-hydrogen) atoms. The first-order valence-electron chi connectivity index (χ1n) is 8.06. The van der Waals surface area contributed by atoms with Crippen molar-refractivity contribution in [3.05, 3.63) is 56.6 Å². The molecular weight excluding hydrogens is 435 g/mol. The first kappa shape index (κ1) is 19.5. The summed E-state index contributed by atoms with van der Waals surface area (Å²) in [5.74, 6) is -0.437. The van der Waals surface area contributed by atoms with Crippen molar-refractivity contribution in [2.24, 2.45) is 0 Å². The second-order valence-electron chi connectivity index (χ2n) is 5.49. The number of benzene rings is 1. The van der Waals surface area contributed by atoms with E-state index in [1.807, 2.05) is 30.3 Å². The van der Waals surface area contributed by atoms with Crippen molar-refractivity contribution < 1.29 is 23.8 Å². The fourth-order valence-electron chi connectivity index (χ4n) is 2.60. The molecular formula is C19H21IO5. The van der Waals surface area contributed by atoms with Gasteiger partial charge in [0.2, 0.25) is 0 Å². The number of hydrogen-bond acceptors (Lipinski definition) is 5. The maximum Gasteiger partial charge on any atom is 0.337 e. The molecule has 0 radical (unpaired) electrons. The van der Waals surface area contributed by atoms with Gasteiger partial charge in [-0.05, 0) is 60.6 Å². The van der Waals surface area contributed by atoms with E-state index >= 15 is 0 Å². The first-order chi connectivity index (χ1) is 12.0. The molecule has 0 aromatic heterocycles. The summed E-state index contributed by atoms with van der Waals surface area (Å²) in [6.07, 6.45) is 3.15. The van der Waals surface area contributed by atoms with Crippen molar-refractivity contribution in [2.75, 3.05) is 13.7 Å². The molecule has 6 heteroatoms. The van der Waals surface area contributed by atoms with Crippen molar-refractivity contribution in [1.82, 2.24) is 0 Å². The lowest BCUT2D eigenvalue weighted by molar-refractivity contribution is -0.142. The van der Waals surface area contributed by atoms with Crippen LogP contribution >= 0.6 is 22.6 Å². The molecule has 1 aromatic rings. The molecule has 0 saturated carbocycles. The number of carbonyl (C=O) groups is 2. The van der Waals surface area contributed by atoms with Crippen LogP contribution in [0.25, 0.3) is 0 Å². The van der Waals surface area contributed by atoms with E-state index in [-0.39, 0.29) is 0 Å². The van der Waals surface area contributed by atoms with Gasteiger partial charge in [0.1, 0.15) is 17.4 Å². The van der Waals surface area contributed by atoms with Crippen LogP contribution in [0.3, 0.4) is 0 Å². The van der Waals surface area contributed by atoms with Crippen LogP contribution in [0.2, 0.25) is 0 Å². The highest BCUT2D eigenvalue weighted by atomic mass is 127. The van der Waals surface area contributed by atoms with Crippen molar-refractivity contribution in [1.29, 1.82) is 0 Å². The minimum absolute atomic E-state index is 0.305. The standard InChI is InChI=1S/C19H21IO5/c1-4-24-18(21)12(2)15-10-7-11-16(25-15)17(19(22)23-3)13-8-5-6-9-14(13)20/h5-6,8-9,11,17H,4,7,10H2,1-3H3/b15-12+. The lowest BCUT2D eigenvalue weighted by Crippen LogP contribution is -2.21. The molecule has 0 aliphatic carbocycles. The van der Waals surface area contributed by atoms with Crippen LogP contribution in [0.4, 0.5) is 0 Å². The van der Waals surface area contributed by atoms with E-state index in [2.05, 4.69) is 22.6 Å². The normalized spacial score (nSPS) is 17.0. The molecule has 0 N–H and O–H groups in total. The van der Waals surface area contributed by atoms with Gasteiger partial charge in [0, 0.05) is 9.99 Å². The van der Waals surface area contributed by atoms with E-state index in [0.717, 1.165) is 9.13 Å². The average Bonchev–Trinajstić information content (AvgIpc) is 2.63. The number of esters is 2. The molecule has 0 saturated heterocycles. The Morgan fingerprint density at radius 3 is 2.68 bits per heavy atom. The summed E-state index contributed by atoms with van der Waals surface area (Å²) >= 11 is 2.18. The van der Waals surface area contributed by atoms with Gasteiger partial charge in [-0.15, -0.1) is 0 Å². The number of allylic oxidation sites excluding steroid dienone is 2. The van der Waals surface area contributed by atoms with Crippen LogP contribution in [0, 0.1) is 3.57 Å². The Hall–Kier alpha value is -1.83. The minimum Gasteiger partial charge on any atom is -0.468 e. The Morgan fingerprint density at radius 2 is 2.04 bits per heavy atom. The molecule has 1 aliphatic rings. The maximum atomic E-state index is 12.4. The summed E-state index contributed by atoms with van der Waals surface area (Å²) in [7, 11) is 1.36. The molecule has 1 atom stereocenters. The third-order valence-corrected chi connectivity index (χ3v) is 4.88. The monoisotopic (exact) mass is 456 g/mol. The number of halogens is 1. The topological polar surface area (TPSA) is 61.8 Å². The number of ether oxygens (including phenoxy) is 3. The molecule has 2 rings (SSSR count). The SMILES string of the molecule is CCOC(=O)/C(C)=C1\CCC=C(C(C(=O)OC)c2ccccc2I)O1. The van der Waals surface area contributed by atoms with Gasteiger partial charge in [-0.25, -0.2) is 4.79 Å². The van der Waals surface area contributed by atoms with Crippen LogP contribution in [-0.2, 0) is 23.8 Å². The predicted molar refractivity (Wildman–Crippen MR) is 102 cm³/mol. The predicted octanol–water partition coefficient (Wildman–Crippen LogP) is 4.08. The highest BCUT2D eigenvalue weighted by Crippen LogP contribution is 2.35. The maximum absolute atomic E-state index is 12.4. The van der Waals surface area contributed by atoms with E-state index in [1.54, 1.807) is 13.8 Å². The highest BCUT2D eigenvalue weighted by Gasteiger charge is 2.32. The highest BCUT2D eigenvalue weighted by molar-refractivity contribution is 14.1. The van der Waals surface area contributed by atoms with Gasteiger partial charge in [0.15, 0.2) is 0 Å². The molecule has 5 nitrogen and oxygen atoms in total. The lowest BCUT2D eigenvalue weighted by Gasteiger charge is -2.25. The zero-order chi connectivity index (χ0) is 18.4. The molecule has 1 heterocycles. The second kappa shape index (κ2) is 9.03. The molecule has 134 valence electrons. The van der Waals surface area contributed by atoms with Gasteiger partial charge >= 0.3 is 11.9 Å². The van der Waals surface area contributed by atoms with Gasteiger partial charge in [0.05, 0.1) is 19.3 Å².